The van der Waals surface area contributed by atoms with Crippen LogP contribution in [0.25, 0.3) is 11.0 Å². The van der Waals surface area contributed by atoms with Crippen molar-refractivity contribution >= 4 is 28.3 Å². The van der Waals surface area contributed by atoms with Crippen LogP contribution in [0, 0.1) is 0 Å². The maximum atomic E-state index is 12.4. The van der Waals surface area contributed by atoms with Crippen molar-refractivity contribution in [2.24, 2.45) is 0 Å². The van der Waals surface area contributed by atoms with Crippen LogP contribution in [0.1, 0.15) is 10.4 Å². The topological polar surface area (TPSA) is 101 Å². The molecule has 2 aromatic carbocycles. The maximum Gasteiger partial charge on any atom is 0.257 e. The summed E-state index contributed by atoms with van der Waals surface area (Å²) in [5.41, 5.74) is 8.05. The number of carbonyl (C=O) groups excluding carboxylic acids is 1. The fourth-order valence-corrected chi connectivity index (χ4v) is 2.03. The van der Waals surface area contributed by atoms with Gasteiger partial charge in [-0.25, -0.2) is 0 Å². The Morgan fingerprint density at radius 3 is 2.76 bits per heavy atom. The number of amides is 1. The summed E-state index contributed by atoms with van der Waals surface area (Å²) in [7, 11) is 0. The monoisotopic (exact) mass is 280 g/mol. The number of para-hydroxylation sites is 1. The first-order valence-corrected chi connectivity index (χ1v) is 6.25. The van der Waals surface area contributed by atoms with Crippen LogP contribution in [0.5, 0.6) is 5.75 Å². The van der Waals surface area contributed by atoms with Gasteiger partial charge in [0, 0.05) is 18.5 Å². The third-order valence-electron chi connectivity index (χ3n) is 3.03. The lowest BCUT2D eigenvalue weighted by molar-refractivity contribution is 0.102. The predicted octanol–water partition coefficient (Wildman–Crippen LogP) is 2.17. The van der Waals surface area contributed by atoms with Gasteiger partial charge in [0.05, 0.1) is 22.5 Å². The molecule has 0 bridgehead atoms. The number of nitrogen functional groups attached to an aromatic ring is 1. The van der Waals surface area contributed by atoms with Crippen molar-refractivity contribution in [1.29, 1.82) is 0 Å². The number of aromatic hydroxyl groups is 1. The van der Waals surface area contributed by atoms with E-state index in [-0.39, 0.29) is 17.3 Å². The van der Waals surface area contributed by atoms with Gasteiger partial charge < -0.3 is 16.2 Å². The van der Waals surface area contributed by atoms with E-state index >= 15 is 0 Å². The highest BCUT2D eigenvalue weighted by Crippen LogP contribution is 2.24. The molecule has 0 aliphatic carbocycles. The molecule has 0 saturated carbocycles. The lowest BCUT2D eigenvalue weighted by Gasteiger charge is -2.09. The molecule has 1 heterocycles. The second-order valence-corrected chi connectivity index (χ2v) is 4.46. The Morgan fingerprint density at radius 1 is 1.14 bits per heavy atom. The molecule has 0 radical (unpaired) electrons. The van der Waals surface area contributed by atoms with Crippen molar-refractivity contribution in [3.8, 4) is 5.75 Å². The van der Waals surface area contributed by atoms with Crippen molar-refractivity contribution in [3.05, 3.63) is 54.4 Å². The summed E-state index contributed by atoms with van der Waals surface area (Å²) >= 11 is 0. The fourth-order valence-electron chi connectivity index (χ4n) is 2.03. The van der Waals surface area contributed by atoms with Crippen molar-refractivity contribution in [2.75, 3.05) is 11.1 Å². The lowest BCUT2D eigenvalue weighted by atomic mass is 10.1. The number of hydrogen-bond donors (Lipinski definition) is 3. The van der Waals surface area contributed by atoms with E-state index in [1.54, 1.807) is 30.5 Å². The summed E-state index contributed by atoms with van der Waals surface area (Å²) in [4.78, 5) is 20.7. The van der Waals surface area contributed by atoms with Gasteiger partial charge in [-0.3, -0.25) is 14.8 Å². The van der Waals surface area contributed by atoms with E-state index < -0.39 is 0 Å². The molecule has 104 valence electrons. The number of anilines is 2. The molecule has 6 heteroatoms. The van der Waals surface area contributed by atoms with E-state index in [4.69, 9.17) is 5.73 Å². The molecule has 0 unspecified atom stereocenters. The van der Waals surface area contributed by atoms with Crippen LogP contribution in [0.2, 0.25) is 0 Å². The standard InChI is InChI=1S/C15H12N4O2/c16-11-8-9(20)4-5-12(11)19-15(21)10-2-1-3-13-14(10)18-7-6-17-13/h1-8,20H,16H2,(H,19,21). The van der Waals surface area contributed by atoms with Crippen molar-refractivity contribution < 1.29 is 9.90 Å². The number of carbonyl (C=O) groups is 1. The minimum Gasteiger partial charge on any atom is -0.508 e. The maximum absolute atomic E-state index is 12.4. The number of rotatable bonds is 2. The minimum atomic E-state index is -0.335. The summed E-state index contributed by atoms with van der Waals surface area (Å²) < 4.78 is 0. The number of hydrogen-bond acceptors (Lipinski definition) is 5. The van der Waals surface area contributed by atoms with Crippen molar-refractivity contribution in [3.63, 3.8) is 0 Å². The Hall–Kier alpha value is -3.15. The molecule has 0 spiro atoms. The second kappa shape index (κ2) is 5.09. The van der Waals surface area contributed by atoms with E-state index in [1.165, 1.54) is 18.3 Å². The number of nitrogens with two attached hydrogens (primary N) is 1. The first-order valence-electron chi connectivity index (χ1n) is 6.25. The van der Waals surface area contributed by atoms with E-state index in [1.807, 2.05) is 0 Å². The normalized spacial score (nSPS) is 10.5. The van der Waals surface area contributed by atoms with Gasteiger partial charge in [-0.2, -0.15) is 0 Å². The smallest absolute Gasteiger partial charge is 0.257 e. The highest BCUT2D eigenvalue weighted by molar-refractivity contribution is 6.12. The van der Waals surface area contributed by atoms with Gasteiger partial charge in [-0.05, 0) is 24.3 Å². The number of nitrogens with zero attached hydrogens (tertiary/aromatic N) is 2. The quantitative estimate of drug-likeness (QED) is 0.493. The Balaban J connectivity index is 1.97. The van der Waals surface area contributed by atoms with Gasteiger partial charge in [0.25, 0.3) is 5.91 Å². The van der Waals surface area contributed by atoms with Crippen LogP contribution >= 0.6 is 0 Å². The lowest BCUT2D eigenvalue weighted by Crippen LogP contribution is -2.14. The highest BCUT2D eigenvalue weighted by Gasteiger charge is 2.13. The molecule has 0 atom stereocenters. The summed E-state index contributed by atoms with van der Waals surface area (Å²) in [5, 5.41) is 12.0. The first kappa shape index (κ1) is 12.9. The Morgan fingerprint density at radius 2 is 1.95 bits per heavy atom. The summed E-state index contributed by atoms with van der Waals surface area (Å²) in [6.45, 7) is 0. The number of nitrogens with one attached hydrogen (secondary N) is 1. The largest absolute Gasteiger partial charge is 0.508 e. The van der Waals surface area contributed by atoms with E-state index in [9.17, 15) is 9.90 Å². The van der Waals surface area contributed by atoms with E-state index in [2.05, 4.69) is 15.3 Å². The number of aromatic nitrogens is 2. The molecule has 1 aromatic heterocycles. The van der Waals surface area contributed by atoms with Crippen LogP contribution < -0.4 is 11.1 Å². The number of fused-ring (bicyclic) bond motifs is 1. The molecule has 0 aliphatic heterocycles. The molecule has 4 N–H and O–H groups in total. The fraction of sp³-hybridized carbons (Fsp3) is 0. The zero-order valence-electron chi connectivity index (χ0n) is 10.9. The summed E-state index contributed by atoms with van der Waals surface area (Å²) in [5.74, 6) is -0.292. The molecule has 0 fully saturated rings. The number of benzene rings is 2. The SMILES string of the molecule is Nc1cc(O)ccc1NC(=O)c1cccc2nccnc12. The molecule has 1 amide bonds. The number of phenolic OH excluding ortho intramolecular Hbond substituents is 1. The van der Waals surface area contributed by atoms with Crippen LogP contribution in [0.15, 0.2) is 48.8 Å². The predicted molar refractivity (Wildman–Crippen MR) is 80.0 cm³/mol. The molecular formula is C15H12N4O2. The van der Waals surface area contributed by atoms with Crippen molar-refractivity contribution in [1.82, 2.24) is 9.97 Å². The molecule has 3 aromatic rings. The van der Waals surface area contributed by atoms with Crippen molar-refractivity contribution in [2.45, 2.75) is 0 Å². The zero-order valence-corrected chi connectivity index (χ0v) is 10.9. The first-order chi connectivity index (χ1) is 10.1. The second-order valence-electron chi connectivity index (χ2n) is 4.46. The molecule has 0 aliphatic rings. The van der Waals surface area contributed by atoms with Gasteiger partial charge in [0.1, 0.15) is 11.3 Å². The van der Waals surface area contributed by atoms with Crippen LogP contribution in [0.3, 0.4) is 0 Å². The van der Waals surface area contributed by atoms with Gasteiger partial charge in [-0.15, -0.1) is 0 Å². The molecular weight excluding hydrogens is 268 g/mol. The minimum absolute atomic E-state index is 0.0431. The van der Waals surface area contributed by atoms with Crippen LogP contribution in [-0.2, 0) is 0 Å². The van der Waals surface area contributed by atoms with Gasteiger partial charge in [0.2, 0.25) is 0 Å². The third-order valence-corrected chi connectivity index (χ3v) is 3.03. The third kappa shape index (κ3) is 2.46. The Bertz CT molecular complexity index is 828. The number of phenols is 1. The van der Waals surface area contributed by atoms with E-state index in [0.29, 0.717) is 22.3 Å². The van der Waals surface area contributed by atoms with Gasteiger partial charge in [0.15, 0.2) is 0 Å². The zero-order chi connectivity index (χ0) is 14.8. The summed E-state index contributed by atoms with van der Waals surface area (Å²) in [6, 6.07) is 9.57. The average Bonchev–Trinajstić information content (AvgIpc) is 2.49. The summed E-state index contributed by atoms with van der Waals surface area (Å²) in [6.07, 6.45) is 3.11. The molecule has 21 heavy (non-hydrogen) atoms. The van der Waals surface area contributed by atoms with E-state index in [0.717, 1.165) is 0 Å². The Labute approximate surface area is 120 Å². The molecule has 0 saturated heterocycles. The van der Waals surface area contributed by atoms with Crippen LogP contribution in [-0.4, -0.2) is 21.0 Å². The molecule has 3 rings (SSSR count). The highest BCUT2D eigenvalue weighted by atomic mass is 16.3. The molecule has 6 nitrogen and oxygen atoms in total. The van der Waals surface area contributed by atoms with Gasteiger partial charge in [-0.1, -0.05) is 6.07 Å². The van der Waals surface area contributed by atoms with Crippen LogP contribution in [0.4, 0.5) is 11.4 Å². The average molecular weight is 280 g/mol. The van der Waals surface area contributed by atoms with Gasteiger partial charge >= 0.3 is 0 Å². The Kier molecular flexibility index (Phi) is 3.12.